The lowest BCUT2D eigenvalue weighted by Gasteiger charge is -2.13. The van der Waals surface area contributed by atoms with Crippen molar-refractivity contribution in [2.75, 3.05) is 6.54 Å². The van der Waals surface area contributed by atoms with Crippen molar-refractivity contribution in [3.8, 4) is 0 Å². The standard InChI is InChI=1S/C15H12ClFN4O2/c16-11-3-1-9(5-12(11)17)13(22)6-18-15(23)10-2-4-14-20-19-8-21(14)7-10/h1-5,7-8,13,22H,6H2,(H,18,23). The van der Waals surface area contributed by atoms with Crippen LogP contribution in [0.2, 0.25) is 5.02 Å². The molecule has 0 saturated heterocycles. The Balaban J connectivity index is 1.66. The maximum atomic E-state index is 13.4. The number of nitrogens with one attached hydrogen (secondary N) is 1. The smallest absolute Gasteiger partial charge is 0.252 e. The Labute approximate surface area is 135 Å². The number of benzene rings is 1. The summed E-state index contributed by atoms with van der Waals surface area (Å²) in [7, 11) is 0. The number of pyridine rings is 1. The maximum Gasteiger partial charge on any atom is 0.252 e. The summed E-state index contributed by atoms with van der Waals surface area (Å²) in [4.78, 5) is 12.1. The van der Waals surface area contributed by atoms with Crippen molar-refractivity contribution in [2.24, 2.45) is 0 Å². The topological polar surface area (TPSA) is 79.5 Å². The molecule has 8 heteroatoms. The summed E-state index contributed by atoms with van der Waals surface area (Å²) in [6.07, 6.45) is 2.03. The van der Waals surface area contributed by atoms with E-state index in [0.29, 0.717) is 16.8 Å². The highest BCUT2D eigenvalue weighted by Gasteiger charge is 2.13. The zero-order chi connectivity index (χ0) is 16.4. The van der Waals surface area contributed by atoms with Crippen LogP contribution in [0.25, 0.3) is 5.65 Å². The van der Waals surface area contributed by atoms with Gasteiger partial charge in [-0.25, -0.2) is 4.39 Å². The number of halogens is 2. The number of nitrogens with zero attached hydrogens (tertiary/aromatic N) is 3. The number of hydrogen-bond donors (Lipinski definition) is 2. The van der Waals surface area contributed by atoms with E-state index < -0.39 is 11.9 Å². The number of hydrogen-bond acceptors (Lipinski definition) is 4. The largest absolute Gasteiger partial charge is 0.387 e. The molecule has 1 unspecified atom stereocenters. The zero-order valence-corrected chi connectivity index (χ0v) is 12.5. The molecule has 23 heavy (non-hydrogen) atoms. The molecule has 0 aliphatic rings. The fourth-order valence-electron chi connectivity index (χ4n) is 2.09. The van der Waals surface area contributed by atoms with Gasteiger partial charge in [-0.3, -0.25) is 9.20 Å². The summed E-state index contributed by atoms with van der Waals surface area (Å²) in [5.74, 6) is -0.985. The lowest BCUT2D eigenvalue weighted by atomic mass is 10.1. The van der Waals surface area contributed by atoms with Gasteiger partial charge in [0, 0.05) is 12.7 Å². The van der Waals surface area contributed by atoms with Crippen molar-refractivity contribution >= 4 is 23.2 Å². The highest BCUT2D eigenvalue weighted by atomic mass is 35.5. The summed E-state index contributed by atoms with van der Waals surface area (Å²) in [6.45, 7) is -0.0554. The summed E-state index contributed by atoms with van der Waals surface area (Å²) in [6, 6.07) is 7.27. The zero-order valence-electron chi connectivity index (χ0n) is 11.8. The van der Waals surface area contributed by atoms with E-state index in [2.05, 4.69) is 15.5 Å². The summed E-state index contributed by atoms with van der Waals surface area (Å²) in [5.41, 5.74) is 1.35. The summed E-state index contributed by atoms with van der Waals surface area (Å²) in [5, 5.41) is 20.2. The molecule has 3 rings (SSSR count). The minimum Gasteiger partial charge on any atom is -0.387 e. The second kappa shape index (κ2) is 6.31. The quantitative estimate of drug-likeness (QED) is 0.764. The van der Waals surface area contributed by atoms with Gasteiger partial charge in [-0.1, -0.05) is 17.7 Å². The molecule has 2 N–H and O–H groups in total. The van der Waals surface area contributed by atoms with Gasteiger partial charge in [0.05, 0.1) is 16.7 Å². The van der Waals surface area contributed by atoms with Crippen LogP contribution in [0.1, 0.15) is 22.0 Å². The van der Waals surface area contributed by atoms with E-state index in [1.165, 1.54) is 18.5 Å². The van der Waals surface area contributed by atoms with Gasteiger partial charge in [-0.15, -0.1) is 10.2 Å². The van der Waals surface area contributed by atoms with Crippen molar-refractivity contribution in [1.82, 2.24) is 19.9 Å². The number of aliphatic hydroxyl groups excluding tert-OH is 1. The minimum atomic E-state index is -1.04. The van der Waals surface area contributed by atoms with Crippen LogP contribution in [0.5, 0.6) is 0 Å². The second-order valence-electron chi connectivity index (χ2n) is 4.91. The highest BCUT2D eigenvalue weighted by molar-refractivity contribution is 6.30. The monoisotopic (exact) mass is 334 g/mol. The Kier molecular flexibility index (Phi) is 4.22. The fourth-order valence-corrected chi connectivity index (χ4v) is 2.21. The molecular formula is C15H12ClFN4O2. The normalized spacial score (nSPS) is 12.3. The molecule has 0 bridgehead atoms. The van der Waals surface area contributed by atoms with Crippen molar-refractivity contribution < 1.29 is 14.3 Å². The number of aromatic nitrogens is 3. The third-order valence-electron chi connectivity index (χ3n) is 3.34. The average molecular weight is 335 g/mol. The van der Waals surface area contributed by atoms with Gasteiger partial charge in [0.2, 0.25) is 0 Å². The van der Waals surface area contributed by atoms with Gasteiger partial charge in [0.15, 0.2) is 5.65 Å². The third-order valence-corrected chi connectivity index (χ3v) is 3.64. The number of carbonyl (C=O) groups excluding carboxylic acids is 1. The second-order valence-corrected chi connectivity index (χ2v) is 5.32. The number of amides is 1. The van der Waals surface area contributed by atoms with Gasteiger partial charge in [-0.2, -0.15) is 0 Å². The fraction of sp³-hybridized carbons (Fsp3) is 0.133. The van der Waals surface area contributed by atoms with E-state index in [1.807, 2.05) is 0 Å². The number of rotatable bonds is 4. The Morgan fingerprint density at radius 3 is 3.00 bits per heavy atom. The lowest BCUT2D eigenvalue weighted by Crippen LogP contribution is -2.28. The van der Waals surface area contributed by atoms with E-state index in [9.17, 15) is 14.3 Å². The van der Waals surface area contributed by atoms with Crippen molar-refractivity contribution in [1.29, 1.82) is 0 Å². The number of carbonyl (C=O) groups is 1. The highest BCUT2D eigenvalue weighted by Crippen LogP contribution is 2.20. The molecule has 118 valence electrons. The van der Waals surface area contributed by atoms with Crippen LogP contribution in [0, 0.1) is 5.82 Å². The van der Waals surface area contributed by atoms with Gasteiger partial charge >= 0.3 is 0 Å². The molecule has 1 atom stereocenters. The van der Waals surface area contributed by atoms with E-state index in [1.54, 1.807) is 22.7 Å². The van der Waals surface area contributed by atoms with Crippen molar-refractivity contribution in [3.63, 3.8) is 0 Å². The predicted octanol–water partition coefficient (Wildman–Crippen LogP) is 1.99. The van der Waals surface area contributed by atoms with Gasteiger partial charge < -0.3 is 10.4 Å². The van der Waals surface area contributed by atoms with Crippen LogP contribution in [-0.4, -0.2) is 32.2 Å². The van der Waals surface area contributed by atoms with Gasteiger partial charge in [0.25, 0.3) is 5.91 Å². The molecule has 6 nitrogen and oxygen atoms in total. The van der Waals surface area contributed by atoms with Crippen LogP contribution >= 0.6 is 11.6 Å². The van der Waals surface area contributed by atoms with Gasteiger partial charge in [-0.05, 0) is 29.8 Å². The third kappa shape index (κ3) is 3.30. The van der Waals surface area contributed by atoms with E-state index in [0.717, 1.165) is 6.07 Å². The lowest BCUT2D eigenvalue weighted by molar-refractivity contribution is 0.0916. The first-order valence-electron chi connectivity index (χ1n) is 6.75. The molecule has 1 aromatic carbocycles. The summed E-state index contributed by atoms with van der Waals surface area (Å²) < 4.78 is 15.0. The Hall–Kier alpha value is -2.51. The van der Waals surface area contributed by atoms with Crippen LogP contribution in [0.15, 0.2) is 42.9 Å². The number of aliphatic hydroxyl groups is 1. The van der Waals surface area contributed by atoms with Crippen LogP contribution in [0.4, 0.5) is 4.39 Å². The average Bonchev–Trinajstić information content (AvgIpc) is 3.02. The molecule has 0 fully saturated rings. The molecule has 0 aliphatic heterocycles. The van der Waals surface area contributed by atoms with E-state index >= 15 is 0 Å². The van der Waals surface area contributed by atoms with E-state index in [-0.39, 0.29) is 17.5 Å². The molecule has 0 saturated carbocycles. The molecule has 2 aromatic heterocycles. The van der Waals surface area contributed by atoms with Crippen LogP contribution in [-0.2, 0) is 0 Å². The first-order valence-corrected chi connectivity index (χ1v) is 7.13. The Morgan fingerprint density at radius 1 is 1.39 bits per heavy atom. The first-order chi connectivity index (χ1) is 11.0. The molecular weight excluding hydrogens is 323 g/mol. The van der Waals surface area contributed by atoms with Crippen molar-refractivity contribution in [3.05, 3.63) is 64.8 Å². The Morgan fingerprint density at radius 2 is 2.22 bits per heavy atom. The molecule has 2 heterocycles. The maximum absolute atomic E-state index is 13.4. The SMILES string of the molecule is O=C(NCC(O)c1ccc(Cl)c(F)c1)c1ccc2nncn2c1. The molecule has 3 aromatic rings. The van der Waals surface area contributed by atoms with Crippen LogP contribution < -0.4 is 5.32 Å². The molecule has 0 radical (unpaired) electrons. The first kappa shape index (κ1) is 15.4. The summed E-state index contributed by atoms with van der Waals surface area (Å²) >= 11 is 5.59. The Bertz CT molecular complexity index is 868. The predicted molar refractivity (Wildman–Crippen MR) is 81.7 cm³/mol. The van der Waals surface area contributed by atoms with Gasteiger partial charge in [0.1, 0.15) is 12.1 Å². The van der Waals surface area contributed by atoms with E-state index in [4.69, 9.17) is 11.6 Å². The molecule has 0 aliphatic carbocycles. The van der Waals surface area contributed by atoms with Crippen molar-refractivity contribution in [2.45, 2.75) is 6.10 Å². The minimum absolute atomic E-state index is 0.0211. The molecule has 1 amide bonds. The van der Waals surface area contributed by atoms with Crippen LogP contribution in [0.3, 0.4) is 0 Å². The molecule has 0 spiro atoms. The number of fused-ring (bicyclic) bond motifs is 1.